The van der Waals surface area contributed by atoms with Gasteiger partial charge in [-0.1, -0.05) is 60.1 Å². The number of halogens is 1. The van der Waals surface area contributed by atoms with Gasteiger partial charge in [-0.25, -0.2) is 0 Å². The largest absolute Gasteiger partial charge is 0.309 e. The van der Waals surface area contributed by atoms with Gasteiger partial charge < -0.3 is 5.32 Å². The summed E-state index contributed by atoms with van der Waals surface area (Å²) in [6.07, 6.45) is 1.90. The first-order valence-corrected chi connectivity index (χ1v) is 5.78. The summed E-state index contributed by atoms with van der Waals surface area (Å²) >= 11 is 5.46. The van der Waals surface area contributed by atoms with Gasteiger partial charge in [0, 0.05) is 18.6 Å². The highest BCUT2D eigenvalue weighted by Crippen LogP contribution is 2.17. The molecule has 1 N–H and O–H groups in total. The van der Waals surface area contributed by atoms with Gasteiger partial charge in [0.1, 0.15) is 0 Å². The zero-order chi connectivity index (χ0) is 11.2. The van der Waals surface area contributed by atoms with Crippen LogP contribution in [0.1, 0.15) is 5.56 Å². The lowest BCUT2D eigenvalue weighted by Crippen LogP contribution is -2.12. The Labute approximate surface area is 101 Å². The summed E-state index contributed by atoms with van der Waals surface area (Å²) in [6.45, 7) is 1.66. The Morgan fingerprint density at radius 2 is 1.88 bits per heavy atom. The van der Waals surface area contributed by atoms with Gasteiger partial charge in [-0.15, -0.1) is 0 Å². The molecular formula is C14H14ClN. The topological polar surface area (TPSA) is 12.0 Å². The molecule has 2 heteroatoms. The van der Waals surface area contributed by atoms with Crippen molar-refractivity contribution in [3.63, 3.8) is 0 Å². The zero-order valence-corrected chi connectivity index (χ0v) is 9.74. The maximum atomic E-state index is 5.46. The van der Waals surface area contributed by atoms with E-state index >= 15 is 0 Å². The molecule has 0 aromatic heterocycles. The lowest BCUT2D eigenvalue weighted by Gasteiger charge is -2.06. The summed E-state index contributed by atoms with van der Waals surface area (Å²) in [6, 6.07) is 14.8. The molecule has 0 heterocycles. The number of fused-ring (bicyclic) bond motifs is 1. The van der Waals surface area contributed by atoms with Gasteiger partial charge in [-0.3, -0.25) is 0 Å². The fraction of sp³-hybridized carbons (Fsp3) is 0.143. The first-order valence-electron chi connectivity index (χ1n) is 5.34. The Kier molecular flexibility index (Phi) is 3.97. The van der Waals surface area contributed by atoms with Crippen molar-refractivity contribution in [3.05, 3.63) is 59.6 Å². The van der Waals surface area contributed by atoms with E-state index < -0.39 is 0 Å². The van der Waals surface area contributed by atoms with Gasteiger partial charge in [-0.2, -0.15) is 0 Å². The molecule has 2 rings (SSSR count). The maximum absolute atomic E-state index is 5.46. The average Bonchev–Trinajstić information content (AvgIpc) is 2.35. The van der Waals surface area contributed by atoms with E-state index in [2.05, 4.69) is 47.8 Å². The monoisotopic (exact) mass is 231 g/mol. The Bertz CT molecular complexity index is 486. The number of nitrogens with one attached hydrogen (secondary N) is 1. The summed E-state index contributed by atoms with van der Waals surface area (Å²) in [4.78, 5) is 0. The lowest BCUT2D eigenvalue weighted by atomic mass is 10.0. The highest BCUT2D eigenvalue weighted by atomic mass is 35.5. The average molecular weight is 232 g/mol. The molecule has 0 atom stereocenters. The van der Waals surface area contributed by atoms with Crippen molar-refractivity contribution in [3.8, 4) is 0 Å². The molecule has 0 aliphatic rings. The second kappa shape index (κ2) is 5.69. The van der Waals surface area contributed by atoms with Crippen LogP contribution in [0.15, 0.2) is 54.1 Å². The fourth-order valence-electron chi connectivity index (χ4n) is 1.78. The standard InChI is InChI=1S/C14H14ClN/c15-9-4-10-16-11-13-7-3-6-12-5-1-2-8-14(12)13/h1-9,16H,10-11H2/b9-4+. The van der Waals surface area contributed by atoms with Gasteiger partial charge in [0.05, 0.1) is 0 Å². The van der Waals surface area contributed by atoms with E-state index in [0.29, 0.717) is 0 Å². The van der Waals surface area contributed by atoms with E-state index in [1.165, 1.54) is 21.9 Å². The smallest absolute Gasteiger partial charge is 0.0214 e. The molecule has 1 nitrogen and oxygen atoms in total. The van der Waals surface area contributed by atoms with Crippen LogP contribution in [0, 0.1) is 0 Å². The second-order valence-corrected chi connectivity index (χ2v) is 3.88. The van der Waals surface area contributed by atoms with Gasteiger partial charge in [0.15, 0.2) is 0 Å². The molecule has 0 saturated heterocycles. The third-order valence-corrected chi connectivity index (χ3v) is 2.72. The van der Waals surface area contributed by atoms with Gasteiger partial charge in [0.2, 0.25) is 0 Å². The molecule has 82 valence electrons. The first kappa shape index (κ1) is 11.2. The van der Waals surface area contributed by atoms with Crippen LogP contribution < -0.4 is 5.32 Å². The molecule has 0 fully saturated rings. The molecule has 0 saturated carbocycles. The Hall–Kier alpha value is -1.31. The van der Waals surface area contributed by atoms with E-state index in [-0.39, 0.29) is 0 Å². The molecule has 16 heavy (non-hydrogen) atoms. The third-order valence-electron chi connectivity index (χ3n) is 2.55. The SMILES string of the molecule is Cl/C=C/CNCc1cccc2ccccc12. The minimum Gasteiger partial charge on any atom is -0.309 e. The predicted octanol–water partition coefficient (Wildman–Crippen LogP) is 3.68. The van der Waals surface area contributed by atoms with Crippen LogP contribution in [0.3, 0.4) is 0 Å². The van der Waals surface area contributed by atoms with Gasteiger partial charge in [-0.05, 0) is 16.3 Å². The Balaban J connectivity index is 2.17. The fourth-order valence-corrected chi connectivity index (χ4v) is 1.87. The van der Waals surface area contributed by atoms with Crippen LogP contribution in [0.2, 0.25) is 0 Å². The van der Waals surface area contributed by atoms with Crippen molar-refractivity contribution >= 4 is 22.4 Å². The van der Waals surface area contributed by atoms with Crippen LogP contribution in [0.4, 0.5) is 0 Å². The van der Waals surface area contributed by atoms with E-state index in [9.17, 15) is 0 Å². The van der Waals surface area contributed by atoms with Crippen LogP contribution >= 0.6 is 11.6 Å². The summed E-state index contributed by atoms with van der Waals surface area (Å²) < 4.78 is 0. The number of rotatable bonds is 4. The van der Waals surface area contributed by atoms with Crippen molar-refractivity contribution in [2.75, 3.05) is 6.54 Å². The molecule has 2 aromatic rings. The maximum Gasteiger partial charge on any atom is 0.0214 e. The minimum atomic E-state index is 0.798. The normalized spacial score (nSPS) is 11.3. The van der Waals surface area contributed by atoms with Crippen molar-refractivity contribution in [1.82, 2.24) is 5.32 Å². The van der Waals surface area contributed by atoms with Crippen molar-refractivity contribution in [2.24, 2.45) is 0 Å². The number of hydrogen-bond donors (Lipinski definition) is 1. The number of benzene rings is 2. The van der Waals surface area contributed by atoms with Crippen LogP contribution in [0.5, 0.6) is 0 Å². The van der Waals surface area contributed by atoms with Crippen molar-refractivity contribution < 1.29 is 0 Å². The molecular weight excluding hydrogens is 218 g/mol. The Morgan fingerprint density at radius 1 is 1.06 bits per heavy atom. The molecule has 0 amide bonds. The number of hydrogen-bond acceptors (Lipinski definition) is 1. The summed E-state index contributed by atoms with van der Waals surface area (Å²) in [5, 5.41) is 5.92. The predicted molar refractivity (Wildman–Crippen MR) is 70.6 cm³/mol. The van der Waals surface area contributed by atoms with Crippen LogP contribution in [-0.4, -0.2) is 6.54 Å². The molecule has 0 spiro atoms. The quantitative estimate of drug-likeness (QED) is 0.792. The Morgan fingerprint density at radius 3 is 2.75 bits per heavy atom. The highest BCUT2D eigenvalue weighted by Gasteiger charge is 1.98. The van der Waals surface area contributed by atoms with E-state index in [1.54, 1.807) is 0 Å². The molecule has 2 aromatic carbocycles. The summed E-state index contributed by atoms with van der Waals surface area (Å²) in [7, 11) is 0. The highest BCUT2D eigenvalue weighted by molar-refractivity contribution is 6.25. The van der Waals surface area contributed by atoms with Crippen molar-refractivity contribution in [1.29, 1.82) is 0 Å². The van der Waals surface area contributed by atoms with Crippen LogP contribution in [0.25, 0.3) is 10.8 Å². The summed E-state index contributed by atoms with van der Waals surface area (Å²) in [5.74, 6) is 0. The summed E-state index contributed by atoms with van der Waals surface area (Å²) in [5.41, 5.74) is 2.86. The third kappa shape index (κ3) is 2.63. The van der Waals surface area contributed by atoms with Crippen LogP contribution in [-0.2, 0) is 6.54 Å². The minimum absolute atomic E-state index is 0.798. The molecule has 0 bridgehead atoms. The first-order chi connectivity index (χ1) is 7.92. The second-order valence-electron chi connectivity index (χ2n) is 3.63. The molecule has 0 unspecified atom stereocenters. The van der Waals surface area contributed by atoms with E-state index in [1.807, 2.05) is 6.08 Å². The van der Waals surface area contributed by atoms with E-state index in [4.69, 9.17) is 11.6 Å². The van der Waals surface area contributed by atoms with E-state index in [0.717, 1.165) is 13.1 Å². The van der Waals surface area contributed by atoms with Gasteiger partial charge >= 0.3 is 0 Å². The molecule has 0 aliphatic carbocycles. The van der Waals surface area contributed by atoms with Gasteiger partial charge in [0.25, 0.3) is 0 Å². The molecule has 0 aliphatic heterocycles. The zero-order valence-electron chi connectivity index (χ0n) is 8.99. The van der Waals surface area contributed by atoms with Crippen molar-refractivity contribution in [2.45, 2.75) is 6.54 Å². The molecule has 0 radical (unpaired) electrons. The lowest BCUT2D eigenvalue weighted by molar-refractivity contribution is 0.764.